The zero-order chi connectivity index (χ0) is 11.8. The second kappa shape index (κ2) is 9.33. The number of thioether (sulfide) groups is 1. The molecule has 2 N–H and O–H groups in total. The van der Waals surface area contributed by atoms with Gasteiger partial charge in [-0.05, 0) is 12.5 Å². The first-order valence-corrected chi connectivity index (χ1v) is 6.43. The van der Waals surface area contributed by atoms with Crippen molar-refractivity contribution >= 4 is 30.1 Å². The fraction of sp³-hybridized carbons (Fsp3) is 0.417. The molecule has 0 saturated carbocycles. The van der Waals surface area contributed by atoms with E-state index in [1.807, 2.05) is 18.2 Å². The summed E-state index contributed by atoms with van der Waals surface area (Å²) in [5.74, 6) is 1.14. The van der Waals surface area contributed by atoms with Gasteiger partial charge in [-0.1, -0.05) is 30.3 Å². The highest BCUT2D eigenvalue weighted by atomic mass is 35.5. The maximum absolute atomic E-state index is 11.2. The monoisotopic (exact) mass is 275 g/mol. The fourth-order valence-electron chi connectivity index (χ4n) is 1.20. The summed E-state index contributed by atoms with van der Waals surface area (Å²) >= 11 is 1.64. The van der Waals surface area contributed by atoms with Crippen LogP contribution in [0.5, 0.6) is 0 Å². The number of rotatable bonds is 6. The van der Waals surface area contributed by atoms with E-state index in [1.165, 1.54) is 5.56 Å². The van der Waals surface area contributed by atoms with Crippen LogP contribution in [0, 0.1) is 0 Å². The first-order chi connectivity index (χ1) is 7.74. The molecule has 96 valence electrons. The van der Waals surface area contributed by atoms with Crippen LogP contribution in [-0.2, 0) is 15.3 Å². The SMILES string of the molecule is CCOC(=O)[C@@H](N)CSCc1ccccc1.Cl. The van der Waals surface area contributed by atoms with E-state index in [9.17, 15) is 4.79 Å². The van der Waals surface area contributed by atoms with E-state index in [4.69, 9.17) is 10.5 Å². The molecular weight excluding hydrogens is 258 g/mol. The minimum absolute atomic E-state index is 0. The third-order valence-corrected chi connectivity index (χ3v) is 3.13. The summed E-state index contributed by atoms with van der Waals surface area (Å²) < 4.78 is 4.83. The highest BCUT2D eigenvalue weighted by Gasteiger charge is 2.13. The van der Waals surface area contributed by atoms with Crippen molar-refractivity contribution in [2.75, 3.05) is 12.4 Å². The predicted octanol–water partition coefficient (Wildman–Crippen LogP) is 2.23. The van der Waals surface area contributed by atoms with E-state index in [0.717, 1.165) is 5.75 Å². The number of hydrogen-bond acceptors (Lipinski definition) is 4. The number of carbonyl (C=O) groups excluding carboxylic acids is 1. The van der Waals surface area contributed by atoms with Crippen molar-refractivity contribution < 1.29 is 9.53 Å². The minimum Gasteiger partial charge on any atom is -0.465 e. The molecule has 1 atom stereocenters. The molecule has 0 heterocycles. The summed E-state index contributed by atoms with van der Waals surface area (Å²) in [7, 11) is 0. The van der Waals surface area contributed by atoms with Gasteiger partial charge in [-0.15, -0.1) is 12.4 Å². The Morgan fingerprint density at radius 2 is 2.06 bits per heavy atom. The van der Waals surface area contributed by atoms with Gasteiger partial charge >= 0.3 is 5.97 Å². The predicted molar refractivity (Wildman–Crippen MR) is 74.5 cm³/mol. The third kappa shape index (κ3) is 6.56. The number of esters is 1. The van der Waals surface area contributed by atoms with E-state index in [1.54, 1.807) is 18.7 Å². The minimum atomic E-state index is -0.520. The summed E-state index contributed by atoms with van der Waals surface area (Å²) in [4.78, 5) is 11.2. The zero-order valence-electron chi connectivity index (χ0n) is 9.80. The molecule has 3 nitrogen and oxygen atoms in total. The number of ether oxygens (including phenoxy) is 1. The molecule has 0 unspecified atom stereocenters. The van der Waals surface area contributed by atoms with Crippen molar-refractivity contribution in [3.05, 3.63) is 35.9 Å². The van der Waals surface area contributed by atoms with Crippen molar-refractivity contribution in [2.24, 2.45) is 5.73 Å². The molecule has 0 saturated heterocycles. The lowest BCUT2D eigenvalue weighted by Crippen LogP contribution is -2.34. The molecule has 0 aliphatic heterocycles. The van der Waals surface area contributed by atoms with Gasteiger partial charge in [-0.2, -0.15) is 11.8 Å². The molecule has 0 aliphatic rings. The second-order valence-corrected chi connectivity index (χ2v) is 4.39. The second-order valence-electron chi connectivity index (χ2n) is 3.36. The third-order valence-electron chi connectivity index (χ3n) is 2.00. The quantitative estimate of drug-likeness (QED) is 0.809. The lowest BCUT2D eigenvalue weighted by atomic mass is 10.2. The molecular formula is C12H18ClNO2S. The van der Waals surface area contributed by atoms with Crippen molar-refractivity contribution in [3.8, 4) is 0 Å². The lowest BCUT2D eigenvalue weighted by Gasteiger charge is -2.09. The van der Waals surface area contributed by atoms with E-state index in [-0.39, 0.29) is 18.4 Å². The Kier molecular flexibility index (Phi) is 8.94. The number of carbonyl (C=O) groups is 1. The molecule has 1 aromatic rings. The molecule has 1 rings (SSSR count). The van der Waals surface area contributed by atoms with Crippen LogP contribution in [0.15, 0.2) is 30.3 Å². The highest BCUT2D eigenvalue weighted by Crippen LogP contribution is 2.12. The van der Waals surface area contributed by atoms with Crippen LogP contribution in [0.2, 0.25) is 0 Å². The molecule has 1 aromatic carbocycles. The standard InChI is InChI=1S/C12H17NO2S.ClH/c1-2-15-12(14)11(13)9-16-8-10-6-4-3-5-7-10;/h3-7,11H,2,8-9,13H2,1H3;1H/t11-;/m0./s1. The van der Waals surface area contributed by atoms with Crippen molar-refractivity contribution in [1.29, 1.82) is 0 Å². The summed E-state index contributed by atoms with van der Waals surface area (Å²) in [6.07, 6.45) is 0. The number of hydrogen-bond donors (Lipinski definition) is 1. The molecule has 0 aromatic heterocycles. The van der Waals surface area contributed by atoms with Gasteiger partial charge in [0, 0.05) is 11.5 Å². The van der Waals surface area contributed by atoms with Gasteiger partial charge in [-0.25, -0.2) is 0 Å². The molecule has 17 heavy (non-hydrogen) atoms. The van der Waals surface area contributed by atoms with Crippen LogP contribution in [-0.4, -0.2) is 24.4 Å². The average Bonchev–Trinajstić information content (AvgIpc) is 2.30. The molecule has 0 radical (unpaired) electrons. The Morgan fingerprint density at radius 3 is 2.65 bits per heavy atom. The zero-order valence-corrected chi connectivity index (χ0v) is 11.4. The van der Waals surface area contributed by atoms with Crippen LogP contribution >= 0.6 is 24.2 Å². The number of benzene rings is 1. The first kappa shape index (κ1) is 16.3. The summed E-state index contributed by atoms with van der Waals surface area (Å²) in [5.41, 5.74) is 6.91. The molecule has 0 spiro atoms. The molecule has 0 amide bonds. The summed E-state index contributed by atoms with van der Waals surface area (Å²) in [6, 6.07) is 9.58. The Hall–Kier alpha value is -0.710. The van der Waals surface area contributed by atoms with Crippen molar-refractivity contribution in [1.82, 2.24) is 0 Å². The molecule has 0 fully saturated rings. The van der Waals surface area contributed by atoms with E-state index >= 15 is 0 Å². The van der Waals surface area contributed by atoms with Crippen LogP contribution in [0.1, 0.15) is 12.5 Å². The Balaban J connectivity index is 0.00000256. The van der Waals surface area contributed by atoms with Gasteiger partial charge in [0.1, 0.15) is 6.04 Å². The number of halogens is 1. The smallest absolute Gasteiger partial charge is 0.323 e. The molecule has 0 aliphatic carbocycles. The van der Waals surface area contributed by atoms with Crippen molar-refractivity contribution in [3.63, 3.8) is 0 Å². The Labute approximate surface area is 113 Å². The van der Waals surface area contributed by atoms with Crippen LogP contribution < -0.4 is 5.73 Å². The van der Waals surface area contributed by atoms with Gasteiger partial charge in [0.05, 0.1) is 6.61 Å². The van der Waals surface area contributed by atoms with E-state index < -0.39 is 6.04 Å². The highest BCUT2D eigenvalue weighted by molar-refractivity contribution is 7.98. The van der Waals surface area contributed by atoms with Crippen molar-refractivity contribution in [2.45, 2.75) is 18.7 Å². The van der Waals surface area contributed by atoms with E-state index in [0.29, 0.717) is 12.4 Å². The first-order valence-electron chi connectivity index (χ1n) is 5.28. The lowest BCUT2D eigenvalue weighted by molar-refractivity contribution is -0.144. The van der Waals surface area contributed by atoms with Gasteiger partial charge in [0.2, 0.25) is 0 Å². The summed E-state index contributed by atoms with van der Waals surface area (Å²) in [5, 5.41) is 0. The number of nitrogens with two attached hydrogens (primary N) is 1. The topological polar surface area (TPSA) is 52.3 Å². The largest absolute Gasteiger partial charge is 0.465 e. The fourth-order valence-corrected chi connectivity index (χ4v) is 2.13. The van der Waals surface area contributed by atoms with Gasteiger partial charge in [0.25, 0.3) is 0 Å². The van der Waals surface area contributed by atoms with Crippen LogP contribution in [0.4, 0.5) is 0 Å². The normalized spacial score (nSPS) is 11.4. The maximum Gasteiger partial charge on any atom is 0.323 e. The average molecular weight is 276 g/mol. The van der Waals surface area contributed by atoms with Crippen LogP contribution in [0.3, 0.4) is 0 Å². The summed E-state index contributed by atoms with van der Waals surface area (Å²) in [6.45, 7) is 2.16. The maximum atomic E-state index is 11.2. The van der Waals surface area contributed by atoms with E-state index in [2.05, 4.69) is 12.1 Å². The van der Waals surface area contributed by atoms with Gasteiger partial charge in [-0.3, -0.25) is 4.79 Å². The van der Waals surface area contributed by atoms with Crippen LogP contribution in [0.25, 0.3) is 0 Å². The Bertz CT molecular complexity index is 322. The van der Waals surface area contributed by atoms with Gasteiger partial charge < -0.3 is 10.5 Å². The Morgan fingerprint density at radius 1 is 1.41 bits per heavy atom. The molecule has 0 bridgehead atoms. The van der Waals surface area contributed by atoms with Gasteiger partial charge in [0.15, 0.2) is 0 Å². The molecule has 5 heteroatoms.